The van der Waals surface area contributed by atoms with Crippen molar-refractivity contribution in [2.45, 2.75) is 19.4 Å². The fraction of sp³-hybridized carbons (Fsp3) is 0.500. The van der Waals surface area contributed by atoms with E-state index in [0.29, 0.717) is 0 Å². The fourth-order valence-electron chi connectivity index (χ4n) is 1.16. The molecule has 0 bridgehead atoms. The van der Waals surface area contributed by atoms with E-state index >= 15 is 0 Å². The molecule has 0 aliphatic heterocycles. The lowest BCUT2D eigenvalue weighted by Crippen LogP contribution is -2.19. The number of hydrogen-bond acceptors (Lipinski definition) is 3. The topological polar surface area (TPSA) is 42.1 Å². The van der Waals surface area contributed by atoms with E-state index in [1.165, 1.54) is 0 Å². The Balaban J connectivity index is 2.79. The SMILES string of the molecule is CC(N)Cc1cccc(N(C)C)n1. The van der Waals surface area contributed by atoms with Gasteiger partial charge in [0, 0.05) is 32.3 Å². The van der Waals surface area contributed by atoms with Gasteiger partial charge in [0.2, 0.25) is 0 Å². The standard InChI is InChI=1S/C10H17N3/c1-8(11)7-9-5-4-6-10(12-9)13(2)3/h4-6,8H,7,11H2,1-3H3. The molecule has 3 heteroatoms. The van der Waals surface area contributed by atoms with Gasteiger partial charge in [-0.15, -0.1) is 0 Å². The maximum atomic E-state index is 5.70. The summed E-state index contributed by atoms with van der Waals surface area (Å²) in [4.78, 5) is 6.45. The van der Waals surface area contributed by atoms with Crippen molar-refractivity contribution in [1.82, 2.24) is 4.98 Å². The van der Waals surface area contributed by atoms with Gasteiger partial charge < -0.3 is 10.6 Å². The molecule has 0 amide bonds. The summed E-state index contributed by atoms with van der Waals surface area (Å²) in [5.41, 5.74) is 6.75. The summed E-state index contributed by atoms with van der Waals surface area (Å²) in [5, 5.41) is 0. The van der Waals surface area contributed by atoms with Crippen LogP contribution < -0.4 is 10.6 Å². The number of nitrogens with two attached hydrogens (primary N) is 1. The molecule has 0 fully saturated rings. The maximum Gasteiger partial charge on any atom is 0.128 e. The van der Waals surface area contributed by atoms with Crippen LogP contribution in [0.5, 0.6) is 0 Å². The summed E-state index contributed by atoms with van der Waals surface area (Å²) in [7, 11) is 3.97. The molecule has 0 aromatic carbocycles. The Hall–Kier alpha value is -1.09. The molecule has 13 heavy (non-hydrogen) atoms. The molecule has 72 valence electrons. The van der Waals surface area contributed by atoms with Crippen LogP contribution in [-0.4, -0.2) is 25.1 Å². The Morgan fingerprint density at radius 2 is 2.15 bits per heavy atom. The van der Waals surface area contributed by atoms with Gasteiger partial charge in [-0.2, -0.15) is 0 Å². The molecule has 1 aromatic rings. The van der Waals surface area contributed by atoms with E-state index in [9.17, 15) is 0 Å². The van der Waals surface area contributed by atoms with Crippen LogP contribution in [0.15, 0.2) is 18.2 Å². The average Bonchev–Trinajstić information content (AvgIpc) is 2.03. The monoisotopic (exact) mass is 179 g/mol. The molecule has 3 nitrogen and oxygen atoms in total. The Kier molecular flexibility index (Phi) is 3.25. The van der Waals surface area contributed by atoms with Gasteiger partial charge in [0.15, 0.2) is 0 Å². The number of aromatic nitrogens is 1. The summed E-state index contributed by atoms with van der Waals surface area (Å²) in [6.07, 6.45) is 0.835. The van der Waals surface area contributed by atoms with Gasteiger partial charge in [0.1, 0.15) is 5.82 Å². The summed E-state index contributed by atoms with van der Waals surface area (Å²) in [6.45, 7) is 1.99. The first kappa shape index (κ1) is 9.99. The summed E-state index contributed by atoms with van der Waals surface area (Å²) in [5.74, 6) is 0.984. The second-order valence-corrected chi connectivity index (χ2v) is 3.56. The average molecular weight is 179 g/mol. The Labute approximate surface area is 79.6 Å². The van der Waals surface area contributed by atoms with Crippen molar-refractivity contribution < 1.29 is 0 Å². The lowest BCUT2D eigenvalue weighted by molar-refractivity contribution is 0.721. The first-order valence-electron chi connectivity index (χ1n) is 4.48. The smallest absolute Gasteiger partial charge is 0.128 e. The molecule has 1 aromatic heterocycles. The third-order valence-electron chi connectivity index (χ3n) is 1.78. The number of nitrogens with zero attached hydrogens (tertiary/aromatic N) is 2. The molecule has 2 N–H and O–H groups in total. The highest BCUT2D eigenvalue weighted by Crippen LogP contribution is 2.08. The Morgan fingerprint density at radius 3 is 2.69 bits per heavy atom. The van der Waals surface area contributed by atoms with E-state index in [-0.39, 0.29) is 6.04 Å². The van der Waals surface area contributed by atoms with Gasteiger partial charge in [-0.25, -0.2) is 4.98 Å². The van der Waals surface area contributed by atoms with Crippen molar-refractivity contribution in [2.24, 2.45) is 5.73 Å². The van der Waals surface area contributed by atoms with E-state index in [1.54, 1.807) is 0 Å². The van der Waals surface area contributed by atoms with Crippen LogP contribution in [0.4, 0.5) is 5.82 Å². The van der Waals surface area contributed by atoms with Crippen molar-refractivity contribution in [3.63, 3.8) is 0 Å². The van der Waals surface area contributed by atoms with E-state index in [1.807, 2.05) is 44.1 Å². The minimum absolute atomic E-state index is 0.171. The van der Waals surface area contributed by atoms with Crippen LogP contribution in [0.1, 0.15) is 12.6 Å². The normalized spacial score (nSPS) is 12.6. The third kappa shape index (κ3) is 3.03. The minimum atomic E-state index is 0.171. The van der Waals surface area contributed by atoms with Gasteiger partial charge in [0.25, 0.3) is 0 Å². The predicted octanol–water partition coefficient (Wildman–Crippen LogP) is 1.04. The second-order valence-electron chi connectivity index (χ2n) is 3.56. The first-order chi connectivity index (χ1) is 6.09. The molecule has 0 aliphatic carbocycles. The Bertz CT molecular complexity index is 269. The van der Waals surface area contributed by atoms with Crippen LogP contribution in [0, 0.1) is 0 Å². The largest absolute Gasteiger partial charge is 0.363 e. The minimum Gasteiger partial charge on any atom is -0.363 e. The highest BCUT2D eigenvalue weighted by Gasteiger charge is 2.01. The molecule has 1 atom stereocenters. The highest BCUT2D eigenvalue weighted by atomic mass is 15.1. The summed E-state index contributed by atoms with van der Waals surface area (Å²) < 4.78 is 0. The van der Waals surface area contributed by atoms with Gasteiger partial charge >= 0.3 is 0 Å². The van der Waals surface area contributed by atoms with E-state index < -0.39 is 0 Å². The van der Waals surface area contributed by atoms with Crippen LogP contribution in [0.2, 0.25) is 0 Å². The van der Waals surface area contributed by atoms with Gasteiger partial charge in [-0.3, -0.25) is 0 Å². The zero-order valence-electron chi connectivity index (χ0n) is 8.49. The molecule has 1 heterocycles. The molecule has 1 unspecified atom stereocenters. The fourth-order valence-corrected chi connectivity index (χ4v) is 1.16. The van der Waals surface area contributed by atoms with Crippen molar-refractivity contribution in [2.75, 3.05) is 19.0 Å². The maximum absolute atomic E-state index is 5.70. The lowest BCUT2D eigenvalue weighted by Gasteiger charge is -2.12. The van der Waals surface area contributed by atoms with Crippen LogP contribution in [0.25, 0.3) is 0 Å². The summed E-state index contributed by atoms with van der Waals surface area (Å²) in [6, 6.07) is 6.19. The van der Waals surface area contributed by atoms with E-state index in [4.69, 9.17) is 5.73 Å². The van der Waals surface area contributed by atoms with Crippen molar-refractivity contribution in [3.8, 4) is 0 Å². The molecule has 0 aliphatic rings. The molecule has 0 saturated heterocycles. The Morgan fingerprint density at radius 1 is 1.46 bits per heavy atom. The second kappa shape index (κ2) is 4.23. The lowest BCUT2D eigenvalue weighted by atomic mass is 10.2. The zero-order chi connectivity index (χ0) is 9.84. The van der Waals surface area contributed by atoms with E-state index in [0.717, 1.165) is 17.9 Å². The van der Waals surface area contributed by atoms with E-state index in [2.05, 4.69) is 4.98 Å². The molecule has 0 radical (unpaired) electrons. The molecule has 0 spiro atoms. The molecule has 0 saturated carbocycles. The van der Waals surface area contributed by atoms with Crippen LogP contribution in [0.3, 0.4) is 0 Å². The quantitative estimate of drug-likeness (QED) is 0.753. The number of anilines is 1. The molecular formula is C10H17N3. The summed E-state index contributed by atoms with van der Waals surface area (Å²) >= 11 is 0. The first-order valence-corrected chi connectivity index (χ1v) is 4.48. The van der Waals surface area contributed by atoms with Crippen molar-refractivity contribution in [3.05, 3.63) is 23.9 Å². The van der Waals surface area contributed by atoms with Crippen LogP contribution >= 0.6 is 0 Å². The van der Waals surface area contributed by atoms with Gasteiger partial charge in [-0.1, -0.05) is 6.07 Å². The highest BCUT2D eigenvalue weighted by molar-refractivity contribution is 5.37. The van der Waals surface area contributed by atoms with Gasteiger partial charge in [-0.05, 0) is 19.1 Å². The molecular weight excluding hydrogens is 162 g/mol. The number of hydrogen-bond donors (Lipinski definition) is 1. The van der Waals surface area contributed by atoms with Gasteiger partial charge in [0.05, 0.1) is 0 Å². The van der Waals surface area contributed by atoms with Crippen molar-refractivity contribution in [1.29, 1.82) is 0 Å². The predicted molar refractivity (Wildman–Crippen MR) is 55.9 cm³/mol. The zero-order valence-corrected chi connectivity index (χ0v) is 8.49. The van der Waals surface area contributed by atoms with Crippen molar-refractivity contribution >= 4 is 5.82 Å². The third-order valence-corrected chi connectivity index (χ3v) is 1.78. The van der Waals surface area contributed by atoms with Crippen LogP contribution in [-0.2, 0) is 6.42 Å². The number of pyridine rings is 1. The molecule has 1 rings (SSSR count). The number of rotatable bonds is 3.